The van der Waals surface area contributed by atoms with Crippen molar-refractivity contribution >= 4 is 11.6 Å². The minimum absolute atomic E-state index is 0.364. The zero-order valence-electron chi connectivity index (χ0n) is 17.7. The molecule has 0 unspecified atom stereocenters. The molecular weight excluding hydrogens is 344 g/mol. The average Bonchev–Trinajstić information content (AvgIpc) is 2.74. The fourth-order valence-corrected chi connectivity index (χ4v) is 3.70. The monoisotopic (exact) mass is 378 g/mol. The molecule has 2 nitrogen and oxygen atoms in total. The van der Waals surface area contributed by atoms with E-state index < -0.39 is 5.78 Å². The molecule has 0 spiro atoms. The molecule has 0 saturated heterocycles. The minimum atomic E-state index is -0.402. The topological polar surface area (TPSA) is 34.1 Å². The van der Waals surface area contributed by atoms with Crippen LogP contribution in [0.5, 0.6) is 0 Å². The standard InChI is InChI=1S/C26H34O2/c1-4-7-13-20-18-19-24(23(17-9-6-3)22(20)16-8-5-2)26(28)25(27)21-14-11-10-12-15-21/h10-12,14-15,18-19H,4-9,13,16-17H2,1-3H3. The molecule has 150 valence electrons. The van der Waals surface area contributed by atoms with Crippen molar-refractivity contribution in [3.05, 3.63) is 70.3 Å². The molecule has 0 radical (unpaired) electrons. The maximum absolute atomic E-state index is 13.1. The molecule has 0 atom stereocenters. The number of Topliss-reactive ketones (excluding diaryl/α,β-unsaturated/α-hetero) is 2. The molecule has 0 aliphatic heterocycles. The van der Waals surface area contributed by atoms with E-state index in [1.807, 2.05) is 12.1 Å². The molecule has 2 aromatic rings. The van der Waals surface area contributed by atoms with Crippen LogP contribution >= 0.6 is 0 Å². The molecule has 0 heterocycles. The van der Waals surface area contributed by atoms with E-state index >= 15 is 0 Å². The number of carbonyl (C=O) groups is 2. The Balaban J connectivity index is 2.48. The number of rotatable bonds is 12. The smallest absolute Gasteiger partial charge is 0.233 e. The van der Waals surface area contributed by atoms with Crippen molar-refractivity contribution < 1.29 is 9.59 Å². The number of hydrogen-bond acceptors (Lipinski definition) is 2. The lowest BCUT2D eigenvalue weighted by molar-refractivity contribution is 0.0816. The van der Waals surface area contributed by atoms with Crippen molar-refractivity contribution in [1.29, 1.82) is 0 Å². The van der Waals surface area contributed by atoms with E-state index in [1.165, 1.54) is 11.1 Å². The maximum atomic E-state index is 13.1. The summed E-state index contributed by atoms with van der Waals surface area (Å²) in [6.45, 7) is 6.58. The fourth-order valence-electron chi connectivity index (χ4n) is 3.70. The van der Waals surface area contributed by atoms with E-state index in [2.05, 4.69) is 26.8 Å². The first-order valence-electron chi connectivity index (χ1n) is 10.9. The minimum Gasteiger partial charge on any atom is -0.285 e. The van der Waals surface area contributed by atoms with Gasteiger partial charge in [-0.3, -0.25) is 9.59 Å². The lowest BCUT2D eigenvalue weighted by Crippen LogP contribution is -2.18. The maximum Gasteiger partial charge on any atom is 0.233 e. The van der Waals surface area contributed by atoms with E-state index in [-0.39, 0.29) is 5.78 Å². The Morgan fingerprint density at radius 3 is 1.82 bits per heavy atom. The Morgan fingerprint density at radius 2 is 1.21 bits per heavy atom. The molecule has 0 aromatic heterocycles. The van der Waals surface area contributed by atoms with Crippen LogP contribution in [0.1, 0.15) is 96.7 Å². The summed E-state index contributed by atoms with van der Waals surface area (Å²) in [4.78, 5) is 25.9. The quantitative estimate of drug-likeness (QED) is 0.301. The molecule has 0 aliphatic carbocycles. The van der Waals surface area contributed by atoms with Gasteiger partial charge >= 0.3 is 0 Å². The van der Waals surface area contributed by atoms with E-state index in [4.69, 9.17) is 0 Å². The Hall–Kier alpha value is -2.22. The molecule has 0 amide bonds. The summed E-state index contributed by atoms with van der Waals surface area (Å²) in [6, 6.07) is 12.9. The molecular formula is C26H34O2. The molecule has 0 saturated carbocycles. The van der Waals surface area contributed by atoms with Gasteiger partial charge in [0.1, 0.15) is 0 Å². The van der Waals surface area contributed by atoms with Gasteiger partial charge in [-0.1, -0.05) is 82.5 Å². The van der Waals surface area contributed by atoms with E-state index in [9.17, 15) is 9.59 Å². The van der Waals surface area contributed by atoms with Gasteiger partial charge in [0, 0.05) is 11.1 Å². The van der Waals surface area contributed by atoms with Gasteiger partial charge in [0.2, 0.25) is 11.6 Å². The van der Waals surface area contributed by atoms with E-state index in [0.717, 1.165) is 63.4 Å². The van der Waals surface area contributed by atoms with E-state index in [1.54, 1.807) is 24.3 Å². The third-order valence-electron chi connectivity index (χ3n) is 5.38. The molecule has 0 bridgehead atoms. The normalized spacial score (nSPS) is 10.8. The first kappa shape index (κ1) is 22.1. The van der Waals surface area contributed by atoms with Crippen LogP contribution in [0.25, 0.3) is 0 Å². The third kappa shape index (κ3) is 5.64. The highest BCUT2D eigenvalue weighted by Crippen LogP contribution is 2.26. The third-order valence-corrected chi connectivity index (χ3v) is 5.38. The molecule has 2 rings (SSSR count). The first-order valence-corrected chi connectivity index (χ1v) is 10.9. The second kappa shape index (κ2) is 11.6. The van der Waals surface area contributed by atoms with Crippen molar-refractivity contribution in [2.45, 2.75) is 78.6 Å². The summed E-state index contributed by atoms with van der Waals surface area (Å²) in [5.74, 6) is -0.766. The van der Waals surface area contributed by atoms with Crippen molar-refractivity contribution in [3.8, 4) is 0 Å². The number of ketones is 2. The second-order valence-electron chi connectivity index (χ2n) is 7.56. The molecule has 2 heteroatoms. The summed E-state index contributed by atoms with van der Waals surface area (Å²) in [5, 5.41) is 0. The van der Waals surface area contributed by atoms with Gasteiger partial charge < -0.3 is 0 Å². The van der Waals surface area contributed by atoms with Gasteiger partial charge in [0.25, 0.3) is 0 Å². The van der Waals surface area contributed by atoms with Gasteiger partial charge in [-0.25, -0.2) is 0 Å². The van der Waals surface area contributed by atoms with Gasteiger partial charge in [0.15, 0.2) is 0 Å². The number of carbonyl (C=O) groups excluding carboxylic acids is 2. The second-order valence-corrected chi connectivity index (χ2v) is 7.56. The Morgan fingerprint density at radius 1 is 0.643 bits per heavy atom. The number of hydrogen-bond donors (Lipinski definition) is 0. The predicted molar refractivity (Wildman–Crippen MR) is 117 cm³/mol. The largest absolute Gasteiger partial charge is 0.285 e. The van der Waals surface area contributed by atoms with Crippen LogP contribution in [-0.2, 0) is 19.3 Å². The van der Waals surface area contributed by atoms with Crippen LogP contribution < -0.4 is 0 Å². The number of unbranched alkanes of at least 4 members (excludes halogenated alkanes) is 3. The highest BCUT2D eigenvalue weighted by Gasteiger charge is 2.23. The summed E-state index contributed by atoms with van der Waals surface area (Å²) in [7, 11) is 0. The van der Waals surface area contributed by atoms with Gasteiger partial charge in [0.05, 0.1) is 0 Å². The lowest BCUT2D eigenvalue weighted by Gasteiger charge is -2.18. The Bertz CT molecular complexity index is 775. The Kier molecular flexibility index (Phi) is 9.13. The van der Waals surface area contributed by atoms with Crippen molar-refractivity contribution in [2.75, 3.05) is 0 Å². The van der Waals surface area contributed by atoms with Gasteiger partial charge in [-0.15, -0.1) is 0 Å². The lowest BCUT2D eigenvalue weighted by atomic mass is 9.85. The number of benzene rings is 2. The van der Waals surface area contributed by atoms with Crippen LogP contribution in [0.15, 0.2) is 42.5 Å². The molecule has 0 N–H and O–H groups in total. The zero-order valence-corrected chi connectivity index (χ0v) is 17.7. The van der Waals surface area contributed by atoms with Crippen molar-refractivity contribution in [1.82, 2.24) is 0 Å². The first-order chi connectivity index (χ1) is 13.6. The van der Waals surface area contributed by atoms with Crippen molar-refractivity contribution in [2.24, 2.45) is 0 Å². The fraction of sp³-hybridized carbons (Fsp3) is 0.462. The van der Waals surface area contributed by atoms with E-state index in [0.29, 0.717) is 11.1 Å². The van der Waals surface area contributed by atoms with Gasteiger partial charge in [-0.2, -0.15) is 0 Å². The van der Waals surface area contributed by atoms with Crippen LogP contribution in [0.3, 0.4) is 0 Å². The highest BCUT2D eigenvalue weighted by atomic mass is 16.2. The molecule has 0 aliphatic rings. The average molecular weight is 379 g/mol. The predicted octanol–water partition coefficient (Wildman–Crippen LogP) is 6.78. The summed E-state index contributed by atoms with van der Waals surface area (Å²) in [5.41, 5.74) is 4.91. The van der Waals surface area contributed by atoms with Crippen LogP contribution in [0.4, 0.5) is 0 Å². The zero-order chi connectivity index (χ0) is 20.4. The summed E-state index contributed by atoms with van der Waals surface area (Å²) >= 11 is 0. The molecule has 2 aromatic carbocycles. The van der Waals surface area contributed by atoms with Crippen molar-refractivity contribution in [3.63, 3.8) is 0 Å². The van der Waals surface area contributed by atoms with Gasteiger partial charge in [-0.05, 0) is 55.2 Å². The highest BCUT2D eigenvalue weighted by molar-refractivity contribution is 6.49. The van der Waals surface area contributed by atoms with Crippen LogP contribution in [-0.4, -0.2) is 11.6 Å². The Labute approximate surface area is 170 Å². The number of aryl methyl sites for hydroxylation is 1. The SMILES string of the molecule is CCCCc1ccc(C(=O)C(=O)c2ccccc2)c(CCCC)c1CCCC. The van der Waals surface area contributed by atoms with Crippen LogP contribution in [0, 0.1) is 0 Å². The molecule has 28 heavy (non-hydrogen) atoms. The van der Waals surface area contributed by atoms with Crippen LogP contribution in [0.2, 0.25) is 0 Å². The summed E-state index contributed by atoms with van der Waals surface area (Å²) in [6.07, 6.45) is 9.59. The molecule has 0 fully saturated rings. The summed E-state index contributed by atoms with van der Waals surface area (Å²) < 4.78 is 0.